The molecule has 0 aliphatic carbocycles. The third-order valence-electron chi connectivity index (χ3n) is 3.36. The first-order valence-electron chi connectivity index (χ1n) is 6.54. The molecule has 114 valence electrons. The van der Waals surface area contributed by atoms with Crippen molar-refractivity contribution in [2.45, 2.75) is 43.7 Å². The van der Waals surface area contributed by atoms with Crippen LogP contribution in [0.5, 0.6) is 0 Å². The molecule has 1 fully saturated rings. The number of amides is 1. The standard InChI is InChI=1S/C11H18F3N5O/c12-11(13,14)6-5-17-8(9(15)18-6)10(20)19-7-3-1-2-4-16-7/h6,8-9,17-18H,1-5,15H2,(H,16,19,20). The van der Waals surface area contributed by atoms with Gasteiger partial charge in [-0.05, 0) is 12.8 Å². The van der Waals surface area contributed by atoms with Crippen molar-refractivity contribution in [3.8, 4) is 0 Å². The number of alkyl halides is 3. The predicted molar refractivity (Wildman–Crippen MR) is 67.0 cm³/mol. The molecule has 5 N–H and O–H groups in total. The highest BCUT2D eigenvalue weighted by Gasteiger charge is 2.45. The summed E-state index contributed by atoms with van der Waals surface area (Å²) in [6.45, 7) is 0.274. The van der Waals surface area contributed by atoms with Gasteiger partial charge in [0.25, 0.3) is 0 Å². The lowest BCUT2D eigenvalue weighted by Gasteiger charge is -2.36. The number of nitrogens with one attached hydrogen (secondary N) is 3. The van der Waals surface area contributed by atoms with Crippen LogP contribution in [0, 0.1) is 0 Å². The number of aliphatic imine (C=N–C) groups is 1. The lowest BCUT2D eigenvalue weighted by molar-refractivity contribution is -0.163. The predicted octanol–water partition coefficient (Wildman–Crippen LogP) is -0.538. The number of carbonyl (C=O) groups is 1. The van der Waals surface area contributed by atoms with Gasteiger partial charge in [0.05, 0.1) is 6.17 Å². The first-order chi connectivity index (χ1) is 9.38. The molecule has 2 aliphatic heterocycles. The molecular formula is C11H18F3N5O. The molecule has 0 aromatic rings. The van der Waals surface area contributed by atoms with Crippen molar-refractivity contribution in [3.63, 3.8) is 0 Å². The van der Waals surface area contributed by atoms with Gasteiger partial charge in [-0.1, -0.05) is 0 Å². The second-order valence-electron chi connectivity index (χ2n) is 4.95. The molecule has 1 saturated heterocycles. The zero-order chi connectivity index (χ0) is 14.8. The zero-order valence-electron chi connectivity index (χ0n) is 10.8. The van der Waals surface area contributed by atoms with Crippen LogP contribution in [0.2, 0.25) is 0 Å². The molecule has 0 aromatic heterocycles. The summed E-state index contributed by atoms with van der Waals surface area (Å²) in [6, 6.07) is -2.65. The number of carbonyl (C=O) groups excluding carboxylic acids is 1. The van der Waals surface area contributed by atoms with Crippen molar-refractivity contribution in [3.05, 3.63) is 0 Å². The van der Waals surface area contributed by atoms with Gasteiger partial charge >= 0.3 is 6.18 Å². The van der Waals surface area contributed by atoms with Gasteiger partial charge in [0.1, 0.15) is 17.9 Å². The number of hydrogen-bond acceptors (Lipinski definition) is 5. The van der Waals surface area contributed by atoms with Crippen molar-refractivity contribution < 1.29 is 18.0 Å². The molecule has 1 amide bonds. The monoisotopic (exact) mass is 293 g/mol. The van der Waals surface area contributed by atoms with E-state index in [1.54, 1.807) is 0 Å². The second kappa shape index (κ2) is 6.06. The molecule has 3 unspecified atom stereocenters. The molecule has 20 heavy (non-hydrogen) atoms. The Labute approximate surface area is 114 Å². The zero-order valence-corrected chi connectivity index (χ0v) is 10.8. The van der Waals surface area contributed by atoms with Crippen LogP contribution >= 0.6 is 0 Å². The van der Waals surface area contributed by atoms with Crippen LogP contribution in [0.25, 0.3) is 0 Å². The van der Waals surface area contributed by atoms with Gasteiger partial charge in [0, 0.05) is 19.5 Å². The minimum atomic E-state index is -4.39. The molecule has 2 aliphatic rings. The molecule has 3 atom stereocenters. The minimum absolute atomic E-state index is 0.387. The van der Waals surface area contributed by atoms with E-state index in [0.29, 0.717) is 18.8 Å². The van der Waals surface area contributed by atoms with E-state index in [1.165, 1.54) is 0 Å². The van der Waals surface area contributed by atoms with E-state index in [-0.39, 0.29) is 6.54 Å². The highest BCUT2D eigenvalue weighted by atomic mass is 19.4. The van der Waals surface area contributed by atoms with Crippen molar-refractivity contribution in [1.82, 2.24) is 16.0 Å². The Bertz CT molecular complexity index is 398. The highest BCUT2D eigenvalue weighted by molar-refractivity contribution is 6.00. The number of halogens is 3. The highest BCUT2D eigenvalue weighted by Crippen LogP contribution is 2.21. The van der Waals surface area contributed by atoms with Gasteiger partial charge in [-0.3, -0.25) is 15.1 Å². The summed E-state index contributed by atoms with van der Waals surface area (Å²) in [7, 11) is 0. The number of nitrogens with zero attached hydrogens (tertiary/aromatic N) is 1. The molecular weight excluding hydrogens is 275 g/mol. The van der Waals surface area contributed by atoms with Gasteiger partial charge < -0.3 is 16.4 Å². The quantitative estimate of drug-likeness (QED) is 0.523. The van der Waals surface area contributed by atoms with Crippen LogP contribution in [0.3, 0.4) is 0 Å². The smallest absolute Gasteiger partial charge is 0.314 e. The number of rotatable bonds is 1. The van der Waals surface area contributed by atoms with E-state index in [0.717, 1.165) is 12.8 Å². The van der Waals surface area contributed by atoms with Gasteiger partial charge in [0.15, 0.2) is 0 Å². The van der Waals surface area contributed by atoms with Crippen molar-refractivity contribution in [2.75, 3.05) is 13.1 Å². The summed E-state index contributed by atoms with van der Waals surface area (Å²) in [4.78, 5) is 16.1. The number of piperazine rings is 1. The fraction of sp³-hybridized carbons (Fsp3) is 0.818. The maximum absolute atomic E-state index is 12.5. The van der Waals surface area contributed by atoms with Gasteiger partial charge in [-0.2, -0.15) is 13.2 Å². The minimum Gasteiger partial charge on any atom is -0.314 e. The van der Waals surface area contributed by atoms with Crippen LogP contribution in [0.15, 0.2) is 4.99 Å². The lowest BCUT2D eigenvalue weighted by Crippen LogP contribution is -2.71. The van der Waals surface area contributed by atoms with Gasteiger partial charge in [0.2, 0.25) is 5.91 Å². The Morgan fingerprint density at radius 2 is 2.15 bits per heavy atom. The third kappa shape index (κ3) is 3.68. The average molecular weight is 293 g/mol. The first-order valence-corrected chi connectivity index (χ1v) is 6.54. The lowest BCUT2D eigenvalue weighted by atomic mass is 10.1. The van der Waals surface area contributed by atoms with Gasteiger partial charge in [-0.25, -0.2) is 0 Å². The van der Waals surface area contributed by atoms with Crippen LogP contribution in [0.1, 0.15) is 19.3 Å². The maximum atomic E-state index is 12.5. The Morgan fingerprint density at radius 1 is 1.40 bits per heavy atom. The SMILES string of the molecule is NC1NC(C(F)(F)F)CNC1C(=O)NC1=NCCCC1. The maximum Gasteiger partial charge on any atom is 0.405 e. The van der Waals surface area contributed by atoms with Crippen LogP contribution in [-0.4, -0.2) is 49.3 Å². The Kier molecular flexibility index (Phi) is 4.61. The summed E-state index contributed by atoms with van der Waals surface area (Å²) in [5, 5.41) is 7.37. The van der Waals surface area contributed by atoms with Crippen molar-refractivity contribution in [1.29, 1.82) is 0 Å². The topological polar surface area (TPSA) is 91.5 Å². The molecule has 2 heterocycles. The van der Waals surface area contributed by atoms with E-state index < -0.39 is 30.3 Å². The normalized spacial score (nSPS) is 31.6. The summed E-state index contributed by atoms with van der Waals surface area (Å²) in [6.07, 6.45) is -2.89. The molecule has 9 heteroatoms. The molecule has 0 aromatic carbocycles. The first kappa shape index (κ1) is 15.2. The number of nitrogens with two attached hydrogens (primary N) is 1. The summed E-state index contributed by atoms with van der Waals surface area (Å²) in [5.74, 6) is 0.125. The third-order valence-corrected chi connectivity index (χ3v) is 3.36. The average Bonchev–Trinajstić information content (AvgIpc) is 2.38. The van der Waals surface area contributed by atoms with Crippen LogP contribution in [-0.2, 0) is 4.79 Å². The Hall–Kier alpha value is -1.19. The van der Waals surface area contributed by atoms with Crippen molar-refractivity contribution in [2.24, 2.45) is 10.7 Å². The summed E-state index contributed by atoms with van der Waals surface area (Å²) in [5.41, 5.74) is 5.60. The molecule has 0 saturated carbocycles. The fourth-order valence-electron chi connectivity index (χ4n) is 2.24. The summed E-state index contributed by atoms with van der Waals surface area (Å²) < 4.78 is 37.6. The molecule has 0 bridgehead atoms. The largest absolute Gasteiger partial charge is 0.405 e. The molecule has 0 spiro atoms. The van der Waals surface area contributed by atoms with E-state index >= 15 is 0 Å². The number of hydrogen-bond donors (Lipinski definition) is 4. The Balaban J connectivity index is 1.90. The second-order valence-corrected chi connectivity index (χ2v) is 4.95. The molecule has 2 rings (SSSR count). The van der Waals surface area contributed by atoms with E-state index in [2.05, 4.69) is 20.9 Å². The van der Waals surface area contributed by atoms with E-state index in [9.17, 15) is 18.0 Å². The van der Waals surface area contributed by atoms with E-state index in [1.807, 2.05) is 0 Å². The fourth-order valence-corrected chi connectivity index (χ4v) is 2.24. The summed E-state index contributed by atoms with van der Waals surface area (Å²) >= 11 is 0. The molecule has 6 nitrogen and oxygen atoms in total. The van der Waals surface area contributed by atoms with E-state index in [4.69, 9.17) is 5.73 Å². The Morgan fingerprint density at radius 3 is 2.70 bits per heavy atom. The van der Waals surface area contributed by atoms with Crippen LogP contribution in [0.4, 0.5) is 13.2 Å². The molecule has 0 radical (unpaired) electrons. The van der Waals surface area contributed by atoms with Gasteiger partial charge in [-0.15, -0.1) is 0 Å². The van der Waals surface area contributed by atoms with Crippen molar-refractivity contribution >= 4 is 11.7 Å². The van der Waals surface area contributed by atoms with Crippen LogP contribution < -0.4 is 21.7 Å². The number of amidine groups is 1.